The fourth-order valence-electron chi connectivity index (χ4n) is 2.53. The number of hydrogen-bond acceptors (Lipinski definition) is 6. The van der Waals surface area contributed by atoms with Crippen molar-refractivity contribution < 1.29 is 14.6 Å². The average molecular weight is 287 g/mol. The molecule has 0 amide bonds. The number of benzene rings is 1. The Balaban J connectivity index is 1.96. The predicted octanol–water partition coefficient (Wildman–Crippen LogP) is 2.22. The molecule has 1 aromatic heterocycles. The second kappa shape index (κ2) is 5.57. The van der Waals surface area contributed by atoms with Crippen LogP contribution in [0.4, 0.5) is 11.5 Å². The molecule has 3 rings (SSSR count). The van der Waals surface area contributed by atoms with Crippen molar-refractivity contribution in [2.75, 3.05) is 19.5 Å². The molecule has 110 valence electrons. The molecular weight excluding hydrogens is 270 g/mol. The molecule has 1 atom stereocenters. The zero-order valence-corrected chi connectivity index (χ0v) is 12.0. The van der Waals surface area contributed by atoms with Crippen LogP contribution in [-0.4, -0.2) is 29.3 Å². The lowest BCUT2D eigenvalue weighted by Gasteiger charge is -2.15. The molecule has 21 heavy (non-hydrogen) atoms. The number of rotatable bonds is 4. The summed E-state index contributed by atoms with van der Waals surface area (Å²) < 4.78 is 10.5. The Morgan fingerprint density at radius 1 is 1.24 bits per heavy atom. The Bertz CT molecular complexity index is 661. The summed E-state index contributed by atoms with van der Waals surface area (Å²) in [6, 6.07) is 5.48. The summed E-state index contributed by atoms with van der Waals surface area (Å²) in [6.45, 7) is 0. The number of anilines is 2. The first-order valence-corrected chi connectivity index (χ1v) is 6.74. The highest BCUT2D eigenvalue weighted by molar-refractivity contribution is 5.68. The van der Waals surface area contributed by atoms with Gasteiger partial charge < -0.3 is 19.9 Å². The van der Waals surface area contributed by atoms with Crippen molar-refractivity contribution in [1.29, 1.82) is 0 Å². The van der Waals surface area contributed by atoms with Gasteiger partial charge in [0.05, 0.1) is 31.7 Å². The fraction of sp³-hybridized carbons (Fsp3) is 0.333. The first-order chi connectivity index (χ1) is 10.2. The van der Waals surface area contributed by atoms with Crippen molar-refractivity contribution in [3.05, 3.63) is 35.8 Å². The summed E-state index contributed by atoms with van der Waals surface area (Å²) >= 11 is 0. The van der Waals surface area contributed by atoms with Crippen molar-refractivity contribution in [2.45, 2.75) is 18.9 Å². The van der Waals surface area contributed by atoms with E-state index in [2.05, 4.69) is 15.3 Å². The van der Waals surface area contributed by atoms with Crippen LogP contribution in [0, 0.1) is 0 Å². The van der Waals surface area contributed by atoms with Gasteiger partial charge in [0.1, 0.15) is 23.6 Å². The average Bonchev–Trinajstić information content (AvgIpc) is 2.90. The summed E-state index contributed by atoms with van der Waals surface area (Å²) in [5.74, 6) is 1.98. The smallest absolute Gasteiger partial charge is 0.146 e. The van der Waals surface area contributed by atoms with Crippen molar-refractivity contribution in [1.82, 2.24) is 9.97 Å². The van der Waals surface area contributed by atoms with Gasteiger partial charge in [-0.15, -0.1) is 0 Å². The number of aryl methyl sites for hydroxylation is 1. The quantitative estimate of drug-likeness (QED) is 0.898. The largest absolute Gasteiger partial charge is 0.497 e. The van der Waals surface area contributed by atoms with E-state index in [1.807, 2.05) is 12.1 Å². The number of nitrogens with one attached hydrogen (secondary N) is 1. The molecule has 2 N–H and O–H groups in total. The molecule has 0 spiro atoms. The lowest BCUT2D eigenvalue weighted by atomic mass is 10.2. The standard InChI is InChI=1S/C15H17N3O3/c1-20-9-3-4-10(13(7-9)21-2)18-15-14-11(16-8-17-15)5-6-12(14)19/h3-4,7-8,12,19H,5-6H2,1-2H3,(H,16,17,18). The van der Waals surface area contributed by atoms with Crippen molar-refractivity contribution in [2.24, 2.45) is 0 Å². The minimum Gasteiger partial charge on any atom is -0.497 e. The normalized spacial score (nSPS) is 16.4. The summed E-state index contributed by atoms with van der Waals surface area (Å²) in [4.78, 5) is 8.46. The van der Waals surface area contributed by atoms with E-state index < -0.39 is 6.10 Å². The van der Waals surface area contributed by atoms with E-state index in [1.165, 1.54) is 6.33 Å². The Hall–Kier alpha value is -2.34. The monoisotopic (exact) mass is 287 g/mol. The van der Waals surface area contributed by atoms with E-state index in [0.29, 0.717) is 23.7 Å². The summed E-state index contributed by atoms with van der Waals surface area (Å²) in [6.07, 6.45) is 2.44. The van der Waals surface area contributed by atoms with Gasteiger partial charge in [0.15, 0.2) is 0 Å². The zero-order chi connectivity index (χ0) is 14.8. The number of ether oxygens (including phenoxy) is 2. The van der Waals surface area contributed by atoms with Gasteiger partial charge >= 0.3 is 0 Å². The van der Waals surface area contributed by atoms with E-state index in [9.17, 15) is 5.11 Å². The highest BCUT2D eigenvalue weighted by Crippen LogP contribution is 2.37. The lowest BCUT2D eigenvalue weighted by Crippen LogP contribution is -2.04. The third-order valence-corrected chi connectivity index (χ3v) is 3.62. The predicted molar refractivity (Wildman–Crippen MR) is 78.1 cm³/mol. The van der Waals surface area contributed by atoms with Crippen molar-refractivity contribution >= 4 is 11.5 Å². The van der Waals surface area contributed by atoms with Gasteiger partial charge in [0, 0.05) is 11.6 Å². The molecule has 0 bridgehead atoms. The van der Waals surface area contributed by atoms with Gasteiger partial charge in [0.25, 0.3) is 0 Å². The minimum atomic E-state index is -0.520. The Morgan fingerprint density at radius 3 is 2.86 bits per heavy atom. The van der Waals surface area contributed by atoms with Crippen LogP contribution in [0.3, 0.4) is 0 Å². The number of fused-ring (bicyclic) bond motifs is 1. The van der Waals surface area contributed by atoms with E-state index in [-0.39, 0.29) is 0 Å². The molecule has 6 heteroatoms. The van der Waals surface area contributed by atoms with Crippen LogP contribution in [0.5, 0.6) is 11.5 Å². The van der Waals surface area contributed by atoms with Crippen LogP contribution in [0.25, 0.3) is 0 Å². The number of aliphatic hydroxyl groups excluding tert-OH is 1. The molecule has 0 radical (unpaired) electrons. The van der Waals surface area contributed by atoms with Gasteiger partial charge in [-0.2, -0.15) is 0 Å². The Kier molecular flexibility index (Phi) is 3.62. The third-order valence-electron chi connectivity index (χ3n) is 3.62. The van der Waals surface area contributed by atoms with Crippen LogP contribution in [0.15, 0.2) is 24.5 Å². The third kappa shape index (κ3) is 2.50. The number of nitrogens with zero attached hydrogens (tertiary/aromatic N) is 2. The highest BCUT2D eigenvalue weighted by atomic mass is 16.5. The van der Waals surface area contributed by atoms with Crippen LogP contribution in [-0.2, 0) is 6.42 Å². The zero-order valence-electron chi connectivity index (χ0n) is 12.0. The van der Waals surface area contributed by atoms with Crippen molar-refractivity contribution in [3.63, 3.8) is 0 Å². The van der Waals surface area contributed by atoms with E-state index in [4.69, 9.17) is 9.47 Å². The lowest BCUT2D eigenvalue weighted by molar-refractivity contribution is 0.180. The van der Waals surface area contributed by atoms with Crippen LogP contribution < -0.4 is 14.8 Å². The number of methoxy groups -OCH3 is 2. The van der Waals surface area contributed by atoms with Crippen LogP contribution in [0.1, 0.15) is 23.8 Å². The maximum atomic E-state index is 10.1. The number of aliphatic hydroxyl groups is 1. The molecule has 1 aliphatic carbocycles. The molecule has 1 aliphatic rings. The van der Waals surface area contributed by atoms with Gasteiger partial charge in [-0.1, -0.05) is 0 Å². The molecule has 6 nitrogen and oxygen atoms in total. The second-order valence-electron chi connectivity index (χ2n) is 4.83. The highest BCUT2D eigenvalue weighted by Gasteiger charge is 2.26. The Labute approximate surface area is 122 Å². The maximum Gasteiger partial charge on any atom is 0.146 e. The minimum absolute atomic E-state index is 0.520. The van der Waals surface area contributed by atoms with Crippen LogP contribution >= 0.6 is 0 Å². The SMILES string of the molecule is COc1ccc(Nc2ncnc3c2C(O)CC3)c(OC)c1. The van der Waals surface area contributed by atoms with Gasteiger partial charge in [-0.05, 0) is 25.0 Å². The number of aromatic nitrogens is 2. The van der Waals surface area contributed by atoms with E-state index in [1.54, 1.807) is 20.3 Å². The molecule has 0 saturated heterocycles. The summed E-state index contributed by atoms with van der Waals surface area (Å²) in [7, 11) is 3.20. The maximum absolute atomic E-state index is 10.1. The fourth-order valence-corrected chi connectivity index (χ4v) is 2.53. The Morgan fingerprint density at radius 2 is 2.10 bits per heavy atom. The molecular formula is C15H17N3O3. The first kappa shape index (κ1) is 13.6. The molecule has 1 heterocycles. The summed E-state index contributed by atoms with van der Waals surface area (Å²) in [5.41, 5.74) is 2.43. The molecule has 2 aromatic rings. The molecule has 1 aromatic carbocycles. The first-order valence-electron chi connectivity index (χ1n) is 6.74. The van der Waals surface area contributed by atoms with Crippen molar-refractivity contribution in [3.8, 4) is 11.5 Å². The number of hydrogen-bond donors (Lipinski definition) is 2. The molecule has 0 aliphatic heterocycles. The van der Waals surface area contributed by atoms with Gasteiger partial charge in [-0.25, -0.2) is 9.97 Å². The van der Waals surface area contributed by atoms with E-state index >= 15 is 0 Å². The van der Waals surface area contributed by atoms with Gasteiger partial charge in [-0.3, -0.25) is 0 Å². The topological polar surface area (TPSA) is 76.5 Å². The molecule has 1 unspecified atom stereocenters. The molecule has 0 fully saturated rings. The van der Waals surface area contributed by atoms with Gasteiger partial charge in [0.2, 0.25) is 0 Å². The second-order valence-corrected chi connectivity index (χ2v) is 4.83. The van der Waals surface area contributed by atoms with E-state index in [0.717, 1.165) is 23.4 Å². The summed E-state index contributed by atoms with van der Waals surface area (Å²) in [5, 5.41) is 13.3. The molecule has 0 saturated carbocycles. The van der Waals surface area contributed by atoms with Crippen LogP contribution in [0.2, 0.25) is 0 Å².